The van der Waals surface area contributed by atoms with Crippen molar-refractivity contribution in [2.24, 2.45) is 33.8 Å². The lowest BCUT2D eigenvalue weighted by atomic mass is 10.0. The number of carboxylic acids is 1. The van der Waals surface area contributed by atoms with Crippen molar-refractivity contribution in [1.29, 1.82) is 0 Å². The number of hydrogen-bond donors (Lipinski definition) is 8. The van der Waals surface area contributed by atoms with Gasteiger partial charge < -0.3 is 44.0 Å². The van der Waals surface area contributed by atoms with Crippen molar-refractivity contribution in [2.45, 2.75) is 64.2 Å². The Hall–Kier alpha value is -3.42. The fourth-order valence-electron chi connectivity index (χ4n) is 2.42. The number of guanidine groups is 1. The van der Waals surface area contributed by atoms with Gasteiger partial charge in [0.2, 0.25) is 23.6 Å². The number of carbonyl (C=O) groups excluding carboxylic acids is 4. The highest BCUT2D eigenvalue weighted by Gasteiger charge is 2.29. The zero-order valence-corrected chi connectivity index (χ0v) is 18.5. The summed E-state index contributed by atoms with van der Waals surface area (Å²) in [6.45, 7) is 4.90. The number of carbonyl (C=O) groups is 5. The minimum Gasteiger partial charge on any atom is -0.480 e. The van der Waals surface area contributed by atoms with Crippen LogP contribution in [0.1, 0.15) is 40.0 Å². The van der Waals surface area contributed by atoms with Crippen LogP contribution in [0.15, 0.2) is 4.99 Å². The molecule has 0 aliphatic rings. The molecule has 182 valence electrons. The summed E-state index contributed by atoms with van der Waals surface area (Å²) in [5.74, 6) is -4.78. The molecule has 4 amide bonds. The summed E-state index contributed by atoms with van der Waals surface area (Å²) in [5, 5.41) is 16.2. The quantitative estimate of drug-likeness (QED) is 0.0726. The number of hydrogen-bond acceptors (Lipinski definition) is 7. The van der Waals surface area contributed by atoms with E-state index in [-0.39, 0.29) is 24.8 Å². The van der Waals surface area contributed by atoms with E-state index >= 15 is 0 Å². The van der Waals surface area contributed by atoms with Crippen molar-refractivity contribution >= 4 is 35.6 Å². The van der Waals surface area contributed by atoms with Crippen LogP contribution in [0.4, 0.5) is 0 Å². The number of rotatable bonds is 14. The summed E-state index contributed by atoms with van der Waals surface area (Å²) >= 11 is 0. The predicted molar refractivity (Wildman–Crippen MR) is 116 cm³/mol. The highest BCUT2D eigenvalue weighted by molar-refractivity contribution is 5.96. The van der Waals surface area contributed by atoms with Gasteiger partial charge in [-0.3, -0.25) is 24.2 Å². The first-order valence-corrected chi connectivity index (χ1v) is 9.99. The van der Waals surface area contributed by atoms with E-state index in [9.17, 15) is 29.1 Å². The monoisotopic (exact) mass is 458 g/mol. The van der Waals surface area contributed by atoms with E-state index in [4.69, 9.17) is 22.9 Å². The molecule has 0 heterocycles. The maximum absolute atomic E-state index is 12.5. The number of aliphatic carboxylic acids is 1. The summed E-state index contributed by atoms with van der Waals surface area (Å²) in [4.78, 5) is 63.4. The van der Waals surface area contributed by atoms with Crippen molar-refractivity contribution in [2.75, 3.05) is 6.54 Å². The number of nitrogens with two attached hydrogens (primary N) is 4. The van der Waals surface area contributed by atoms with Gasteiger partial charge in [-0.25, -0.2) is 4.79 Å². The average molecular weight is 459 g/mol. The van der Waals surface area contributed by atoms with Crippen LogP contribution in [0, 0.1) is 5.92 Å². The van der Waals surface area contributed by atoms with Gasteiger partial charge in [0.05, 0.1) is 12.5 Å². The van der Waals surface area contributed by atoms with Crippen molar-refractivity contribution in [3.8, 4) is 0 Å². The second-order valence-electron chi connectivity index (χ2n) is 7.58. The number of primary amides is 1. The lowest BCUT2D eigenvalue weighted by molar-refractivity contribution is -0.142. The van der Waals surface area contributed by atoms with Crippen molar-refractivity contribution < 1.29 is 29.1 Å². The average Bonchev–Trinajstić information content (AvgIpc) is 2.67. The molecular formula is C18H34N8O6. The standard InChI is InChI=1S/C18H34N8O6/c1-8(2)13(20)16(30)26-11(7-12(19)27)15(29)24-9(3)14(28)25-10(17(31)32)5-4-6-23-18(21)22/h8-11,13H,4-7,20H2,1-3H3,(H2,19,27)(H,24,29)(H,25,28)(H,26,30)(H,31,32)(H4,21,22,23). The molecule has 0 aromatic rings. The summed E-state index contributed by atoms with van der Waals surface area (Å²) in [6.07, 6.45) is -0.177. The Bertz CT molecular complexity index is 722. The summed E-state index contributed by atoms with van der Waals surface area (Å²) < 4.78 is 0. The van der Waals surface area contributed by atoms with Gasteiger partial charge in [0, 0.05) is 6.54 Å². The Morgan fingerprint density at radius 2 is 1.44 bits per heavy atom. The van der Waals surface area contributed by atoms with E-state index in [0.717, 1.165) is 0 Å². The topological polar surface area (TPSA) is 258 Å². The number of nitrogens with zero attached hydrogens (tertiary/aromatic N) is 1. The molecule has 14 heteroatoms. The van der Waals surface area contributed by atoms with Crippen molar-refractivity contribution in [3.05, 3.63) is 0 Å². The zero-order chi connectivity index (χ0) is 25.0. The molecule has 0 radical (unpaired) electrons. The Kier molecular flexibility index (Phi) is 12.3. The number of carboxylic acid groups (broad SMARTS) is 1. The number of aliphatic imine (C=N–C) groups is 1. The molecule has 4 atom stereocenters. The third kappa shape index (κ3) is 11.1. The van der Waals surface area contributed by atoms with Gasteiger partial charge in [0.25, 0.3) is 0 Å². The smallest absolute Gasteiger partial charge is 0.326 e. The van der Waals surface area contributed by atoms with E-state index < -0.39 is 60.2 Å². The van der Waals surface area contributed by atoms with E-state index in [1.54, 1.807) is 13.8 Å². The third-order valence-electron chi connectivity index (χ3n) is 4.37. The molecule has 0 saturated heterocycles. The maximum atomic E-state index is 12.5. The summed E-state index contributed by atoms with van der Waals surface area (Å²) in [6, 6.07) is -4.68. The molecule has 14 nitrogen and oxygen atoms in total. The van der Waals surface area contributed by atoms with E-state index in [0.29, 0.717) is 6.42 Å². The van der Waals surface area contributed by atoms with Gasteiger partial charge >= 0.3 is 5.97 Å². The molecule has 0 spiro atoms. The first kappa shape index (κ1) is 28.6. The number of nitrogens with one attached hydrogen (secondary N) is 3. The van der Waals surface area contributed by atoms with Crippen molar-refractivity contribution in [1.82, 2.24) is 16.0 Å². The summed E-state index contributed by atoms with van der Waals surface area (Å²) in [5.41, 5.74) is 21.3. The first-order chi connectivity index (χ1) is 14.8. The maximum Gasteiger partial charge on any atom is 0.326 e. The molecule has 0 fully saturated rings. The highest BCUT2D eigenvalue weighted by Crippen LogP contribution is 2.02. The molecule has 12 N–H and O–H groups in total. The minimum atomic E-state index is -1.35. The van der Waals surface area contributed by atoms with Crippen LogP contribution in [-0.2, 0) is 24.0 Å². The summed E-state index contributed by atoms with van der Waals surface area (Å²) in [7, 11) is 0. The van der Waals surface area contributed by atoms with Crippen LogP contribution < -0.4 is 38.9 Å². The molecule has 0 aromatic heterocycles. The SMILES string of the molecule is CC(NC(=O)C(CC(N)=O)NC(=O)C(N)C(C)C)C(=O)NC(CCCN=C(N)N)C(=O)O. The Morgan fingerprint density at radius 1 is 0.875 bits per heavy atom. The molecule has 4 unspecified atom stereocenters. The Morgan fingerprint density at radius 3 is 1.91 bits per heavy atom. The van der Waals surface area contributed by atoms with Crippen molar-refractivity contribution in [3.63, 3.8) is 0 Å². The molecule has 0 bridgehead atoms. The lowest BCUT2D eigenvalue weighted by Crippen LogP contribution is -2.57. The third-order valence-corrected chi connectivity index (χ3v) is 4.37. The van der Waals surface area contributed by atoms with Crippen LogP contribution in [0.3, 0.4) is 0 Å². The van der Waals surface area contributed by atoms with Crippen LogP contribution >= 0.6 is 0 Å². The zero-order valence-electron chi connectivity index (χ0n) is 18.5. The minimum absolute atomic E-state index is 0.0476. The number of amides is 4. The van der Waals surface area contributed by atoms with Gasteiger partial charge in [-0.1, -0.05) is 13.8 Å². The predicted octanol–water partition coefficient (Wildman–Crippen LogP) is -3.54. The Balaban J connectivity index is 5.03. The van der Waals surface area contributed by atoms with Gasteiger partial charge in [-0.2, -0.15) is 0 Å². The van der Waals surface area contributed by atoms with Crippen LogP contribution in [0.2, 0.25) is 0 Å². The van der Waals surface area contributed by atoms with Gasteiger partial charge in [-0.15, -0.1) is 0 Å². The molecule has 0 aliphatic heterocycles. The Labute approximate surface area is 185 Å². The van der Waals surface area contributed by atoms with Gasteiger partial charge in [0.15, 0.2) is 5.96 Å². The lowest BCUT2D eigenvalue weighted by Gasteiger charge is -2.23. The second kappa shape index (κ2) is 13.8. The van der Waals surface area contributed by atoms with E-state index in [2.05, 4.69) is 20.9 Å². The highest BCUT2D eigenvalue weighted by atomic mass is 16.4. The molecule has 0 saturated carbocycles. The van der Waals surface area contributed by atoms with E-state index in [1.807, 2.05) is 0 Å². The first-order valence-electron chi connectivity index (χ1n) is 9.99. The molecule has 0 aliphatic carbocycles. The molecular weight excluding hydrogens is 424 g/mol. The van der Waals surface area contributed by atoms with Gasteiger partial charge in [0.1, 0.15) is 18.1 Å². The normalized spacial score (nSPS) is 14.4. The van der Waals surface area contributed by atoms with Crippen LogP contribution in [-0.4, -0.2) is 71.4 Å². The van der Waals surface area contributed by atoms with Crippen LogP contribution in [0.25, 0.3) is 0 Å². The van der Waals surface area contributed by atoms with Crippen LogP contribution in [0.5, 0.6) is 0 Å². The molecule has 0 aromatic carbocycles. The van der Waals surface area contributed by atoms with E-state index in [1.165, 1.54) is 6.92 Å². The molecule has 32 heavy (non-hydrogen) atoms. The fourth-order valence-corrected chi connectivity index (χ4v) is 2.42. The largest absolute Gasteiger partial charge is 0.480 e. The molecule has 0 rings (SSSR count). The van der Waals surface area contributed by atoms with Gasteiger partial charge in [-0.05, 0) is 25.7 Å². The fraction of sp³-hybridized carbons (Fsp3) is 0.667. The second-order valence-corrected chi connectivity index (χ2v) is 7.58.